The van der Waals surface area contributed by atoms with Crippen molar-refractivity contribution in [3.8, 4) is 0 Å². The highest BCUT2D eigenvalue weighted by Crippen LogP contribution is 2.26. The maximum absolute atomic E-state index is 13.8. The van der Waals surface area contributed by atoms with Crippen LogP contribution in [0.2, 0.25) is 0 Å². The molecular formula is C19H24F3N3O2. The second-order valence-electron chi connectivity index (χ2n) is 7.41. The van der Waals surface area contributed by atoms with Crippen molar-refractivity contribution in [1.82, 2.24) is 9.80 Å². The first kappa shape index (κ1) is 19.7. The molecule has 5 nitrogen and oxygen atoms in total. The zero-order valence-corrected chi connectivity index (χ0v) is 15.3. The number of amides is 2. The molecule has 8 heteroatoms. The number of fused-ring (bicyclic) bond motifs is 1. The molecule has 0 bridgehead atoms. The third kappa shape index (κ3) is 4.10. The standard InChI is InChI=1S/C19H24F3N3O2/c1-11-19(27)25-5-2-3-14(25)4-6-24(11)18(26)9-13(23)7-12-8-16(21)17(22)10-15(12)20/h8,10-11,13-14H,2-7,9,23H2,1H3/t11-,13-,14-/m1/s1. The number of hydrogen-bond donors (Lipinski definition) is 1. The quantitative estimate of drug-likeness (QED) is 0.809. The van der Waals surface area contributed by atoms with E-state index in [1.807, 2.05) is 4.90 Å². The van der Waals surface area contributed by atoms with Gasteiger partial charge in [-0.05, 0) is 44.2 Å². The summed E-state index contributed by atoms with van der Waals surface area (Å²) in [5.74, 6) is -3.65. The fourth-order valence-electron chi connectivity index (χ4n) is 4.04. The lowest BCUT2D eigenvalue weighted by Gasteiger charge is -2.28. The normalized spacial score (nSPS) is 24.0. The molecule has 0 saturated carbocycles. The summed E-state index contributed by atoms with van der Waals surface area (Å²) in [6.45, 7) is 2.91. The van der Waals surface area contributed by atoms with Crippen molar-refractivity contribution in [2.45, 2.75) is 57.2 Å². The first-order chi connectivity index (χ1) is 12.8. The van der Waals surface area contributed by atoms with Gasteiger partial charge in [-0.2, -0.15) is 0 Å². The van der Waals surface area contributed by atoms with Crippen LogP contribution in [-0.2, 0) is 16.0 Å². The molecule has 0 unspecified atom stereocenters. The maximum Gasteiger partial charge on any atom is 0.245 e. The van der Waals surface area contributed by atoms with Crippen LogP contribution in [0.1, 0.15) is 38.2 Å². The van der Waals surface area contributed by atoms with Gasteiger partial charge >= 0.3 is 0 Å². The molecule has 0 spiro atoms. The van der Waals surface area contributed by atoms with Crippen LogP contribution in [0.15, 0.2) is 12.1 Å². The third-order valence-electron chi connectivity index (χ3n) is 5.52. The van der Waals surface area contributed by atoms with Gasteiger partial charge in [-0.3, -0.25) is 9.59 Å². The van der Waals surface area contributed by atoms with E-state index in [-0.39, 0.29) is 36.3 Å². The minimum Gasteiger partial charge on any atom is -0.338 e. The number of nitrogens with two attached hydrogens (primary N) is 1. The van der Waals surface area contributed by atoms with Gasteiger partial charge in [-0.25, -0.2) is 13.2 Å². The van der Waals surface area contributed by atoms with Crippen molar-refractivity contribution in [1.29, 1.82) is 0 Å². The van der Waals surface area contributed by atoms with Crippen molar-refractivity contribution in [3.63, 3.8) is 0 Å². The first-order valence-corrected chi connectivity index (χ1v) is 9.27. The minimum absolute atomic E-state index is 0.0522. The average Bonchev–Trinajstić information content (AvgIpc) is 3.03. The van der Waals surface area contributed by atoms with Crippen molar-refractivity contribution in [2.24, 2.45) is 5.73 Å². The SMILES string of the molecule is C[C@@H]1C(=O)N2CCC[C@@H]2CCN1C(=O)C[C@H](N)Cc1cc(F)c(F)cc1F. The predicted octanol–water partition coefficient (Wildman–Crippen LogP) is 1.98. The van der Waals surface area contributed by atoms with E-state index in [0.717, 1.165) is 31.9 Å². The number of halogens is 3. The molecule has 3 rings (SSSR count). The molecule has 1 aromatic rings. The van der Waals surface area contributed by atoms with Crippen LogP contribution in [-0.4, -0.2) is 52.8 Å². The van der Waals surface area contributed by atoms with Gasteiger partial charge in [0.1, 0.15) is 11.9 Å². The van der Waals surface area contributed by atoms with E-state index in [0.29, 0.717) is 12.6 Å². The Morgan fingerprint density at radius 3 is 2.63 bits per heavy atom. The van der Waals surface area contributed by atoms with Crippen LogP contribution >= 0.6 is 0 Å². The van der Waals surface area contributed by atoms with E-state index in [9.17, 15) is 22.8 Å². The first-order valence-electron chi connectivity index (χ1n) is 9.27. The van der Waals surface area contributed by atoms with E-state index in [1.165, 1.54) is 4.90 Å². The van der Waals surface area contributed by atoms with Gasteiger partial charge in [0.15, 0.2) is 11.6 Å². The van der Waals surface area contributed by atoms with E-state index in [1.54, 1.807) is 6.92 Å². The second kappa shape index (κ2) is 7.88. The monoisotopic (exact) mass is 383 g/mol. The molecule has 2 heterocycles. The topological polar surface area (TPSA) is 66.6 Å². The summed E-state index contributed by atoms with van der Waals surface area (Å²) in [5.41, 5.74) is 5.88. The molecule has 0 radical (unpaired) electrons. The van der Waals surface area contributed by atoms with Crippen molar-refractivity contribution in [2.75, 3.05) is 13.1 Å². The molecule has 3 atom stereocenters. The fourth-order valence-corrected chi connectivity index (χ4v) is 4.04. The lowest BCUT2D eigenvalue weighted by Crippen LogP contribution is -2.48. The van der Waals surface area contributed by atoms with Gasteiger partial charge in [-0.1, -0.05) is 0 Å². The lowest BCUT2D eigenvalue weighted by molar-refractivity contribution is -0.143. The molecule has 2 aliphatic heterocycles. The van der Waals surface area contributed by atoms with Crippen LogP contribution < -0.4 is 5.73 Å². The number of carbonyl (C=O) groups is 2. The molecule has 27 heavy (non-hydrogen) atoms. The lowest BCUT2D eigenvalue weighted by atomic mass is 10.0. The van der Waals surface area contributed by atoms with Crippen LogP contribution in [0.3, 0.4) is 0 Å². The Bertz CT molecular complexity index is 743. The Hall–Kier alpha value is -2.09. The Labute approximate surface area is 156 Å². The fraction of sp³-hybridized carbons (Fsp3) is 0.579. The number of benzene rings is 1. The van der Waals surface area contributed by atoms with Crippen molar-refractivity contribution >= 4 is 11.8 Å². The van der Waals surface area contributed by atoms with E-state index >= 15 is 0 Å². The van der Waals surface area contributed by atoms with Gasteiger partial charge in [0.25, 0.3) is 0 Å². The summed E-state index contributed by atoms with van der Waals surface area (Å²) in [6, 6.07) is 0.0986. The molecule has 0 aliphatic carbocycles. The van der Waals surface area contributed by atoms with Gasteiger partial charge in [-0.15, -0.1) is 0 Å². The van der Waals surface area contributed by atoms with Gasteiger partial charge in [0.05, 0.1) is 0 Å². The van der Waals surface area contributed by atoms with Gasteiger partial charge < -0.3 is 15.5 Å². The summed E-state index contributed by atoms with van der Waals surface area (Å²) in [5, 5.41) is 0. The zero-order valence-electron chi connectivity index (χ0n) is 15.3. The molecule has 2 fully saturated rings. The number of rotatable bonds is 4. The number of hydrogen-bond acceptors (Lipinski definition) is 3. The van der Waals surface area contributed by atoms with Crippen molar-refractivity contribution in [3.05, 3.63) is 35.1 Å². The van der Waals surface area contributed by atoms with E-state index in [2.05, 4.69) is 0 Å². The largest absolute Gasteiger partial charge is 0.338 e. The Morgan fingerprint density at radius 2 is 1.89 bits per heavy atom. The molecule has 0 aromatic heterocycles. The van der Waals surface area contributed by atoms with Gasteiger partial charge in [0, 0.05) is 37.7 Å². The minimum atomic E-state index is -1.27. The zero-order chi connectivity index (χ0) is 19.7. The highest BCUT2D eigenvalue weighted by atomic mass is 19.2. The van der Waals surface area contributed by atoms with Crippen molar-refractivity contribution < 1.29 is 22.8 Å². The average molecular weight is 383 g/mol. The smallest absolute Gasteiger partial charge is 0.245 e. The number of nitrogens with zero attached hydrogens (tertiary/aromatic N) is 2. The predicted molar refractivity (Wildman–Crippen MR) is 93.1 cm³/mol. The summed E-state index contributed by atoms with van der Waals surface area (Å²) in [4.78, 5) is 28.7. The molecule has 1 aromatic carbocycles. The molecule has 2 N–H and O–H groups in total. The molecule has 2 aliphatic rings. The van der Waals surface area contributed by atoms with E-state index in [4.69, 9.17) is 5.73 Å². The summed E-state index contributed by atoms with van der Waals surface area (Å²) in [7, 11) is 0. The van der Waals surface area contributed by atoms with Crippen LogP contribution in [0, 0.1) is 17.5 Å². The molecule has 2 saturated heterocycles. The molecular weight excluding hydrogens is 359 g/mol. The van der Waals surface area contributed by atoms with Crippen LogP contribution in [0.25, 0.3) is 0 Å². The summed E-state index contributed by atoms with van der Waals surface area (Å²) >= 11 is 0. The molecule has 148 valence electrons. The summed E-state index contributed by atoms with van der Waals surface area (Å²) in [6.07, 6.45) is 2.48. The molecule has 2 amide bonds. The Kier molecular flexibility index (Phi) is 5.74. The van der Waals surface area contributed by atoms with Crippen LogP contribution in [0.5, 0.6) is 0 Å². The highest BCUT2D eigenvalue weighted by molar-refractivity contribution is 5.88. The van der Waals surface area contributed by atoms with E-state index < -0.39 is 29.5 Å². The number of carbonyl (C=O) groups excluding carboxylic acids is 2. The Morgan fingerprint density at radius 1 is 1.19 bits per heavy atom. The third-order valence-corrected chi connectivity index (χ3v) is 5.52. The highest BCUT2D eigenvalue weighted by Gasteiger charge is 2.38. The summed E-state index contributed by atoms with van der Waals surface area (Å²) < 4.78 is 40.1. The van der Waals surface area contributed by atoms with Crippen LogP contribution in [0.4, 0.5) is 13.2 Å². The maximum atomic E-state index is 13.8. The Balaban J connectivity index is 1.64. The van der Waals surface area contributed by atoms with Gasteiger partial charge in [0.2, 0.25) is 11.8 Å². The second-order valence-corrected chi connectivity index (χ2v) is 7.41.